The Bertz CT molecular complexity index is 605. The van der Waals surface area contributed by atoms with Crippen molar-refractivity contribution in [3.05, 3.63) is 36.9 Å². The Kier molecular flexibility index (Phi) is 9.26. The molecule has 29 heavy (non-hydrogen) atoms. The standard InChI is InChI=1S/C23H43N5O/c1-20(24-12-6-9-22(3)29)8-5-11-25-21(2)18-28-13-7-10-23(28)19-27-16-14-26(4)15-17-27/h23-25,29H,1-3,5-19H2,4H3/i18D2. The van der Waals surface area contributed by atoms with E-state index in [-0.39, 0.29) is 11.8 Å². The molecule has 2 aliphatic rings. The maximum atomic E-state index is 9.10. The van der Waals surface area contributed by atoms with Crippen LogP contribution >= 0.6 is 0 Å². The molecule has 0 aromatic rings. The number of piperazine rings is 1. The van der Waals surface area contributed by atoms with E-state index in [4.69, 9.17) is 7.85 Å². The zero-order chi connectivity index (χ0) is 22.9. The Morgan fingerprint density at radius 2 is 1.66 bits per heavy atom. The van der Waals surface area contributed by atoms with Gasteiger partial charge in [0.1, 0.15) is 0 Å². The average molecular weight is 408 g/mol. The first-order valence-corrected chi connectivity index (χ1v) is 11.1. The fourth-order valence-electron chi connectivity index (χ4n) is 3.90. The maximum absolute atomic E-state index is 9.10. The Balaban J connectivity index is 1.69. The average Bonchev–Trinajstić information content (AvgIpc) is 3.19. The van der Waals surface area contributed by atoms with Gasteiger partial charge in [-0.1, -0.05) is 19.7 Å². The normalized spacial score (nSPS) is 22.7. The fraction of sp³-hybridized carbons (Fsp3) is 0.739. The number of hydrogen-bond donors (Lipinski definition) is 3. The Morgan fingerprint density at radius 1 is 1.00 bits per heavy atom. The molecule has 166 valence electrons. The van der Waals surface area contributed by atoms with Crippen molar-refractivity contribution in [3.63, 3.8) is 0 Å². The van der Waals surface area contributed by atoms with Crippen molar-refractivity contribution in [2.75, 3.05) is 65.9 Å². The van der Waals surface area contributed by atoms with Gasteiger partial charge >= 0.3 is 0 Å². The van der Waals surface area contributed by atoms with E-state index in [1.807, 2.05) is 4.90 Å². The number of allylic oxidation sites excluding steroid dienone is 2. The molecule has 1 atom stereocenters. The van der Waals surface area contributed by atoms with Crippen LogP contribution in [0, 0.1) is 0 Å². The van der Waals surface area contributed by atoms with Gasteiger partial charge < -0.3 is 20.6 Å². The van der Waals surface area contributed by atoms with Crippen molar-refractivity contribution in [3.8, 4) is 0 Å². The summed E-state index contributed by atoms with van der Waals surface area (Å²) in [5.41, 5.74) is 1.42. The molecule has 2 rings (SSSR count). The summed E-state index contributed by atoms with van der Waals surface area (Å²) in [5, 5.41) is 15.6. The van der Waals surface area contributed by atoms with Crippen LogP contribution in [0.4, 0.5) is 0 Å². The first-order valence-electron chi connectivity index (χ1n) is 12.1. The lowest BCUT2D eigenvalue weighted by molar-refractivity contribution is 0.119. The fourth-order valence-corrected chi connectivity index (χ4v) is 3.90. The monoisotopic (exact) mass is 407 g/mol. The molecule has 6 nitrogen and oxygen atoms in total. The van der Waals surface area contributed by atoms with Crippen molar-refractivity contribution >= 4 is 0 Å². The molecular weight excluding hydrogens is 362 g/mol. The maximum Gasteiger partial charge on any atom is 0.0851 e. The predicted molar refractivity (Wildman–Crippen MR) is 123 cm³/mol. The molecule has 0 spiro atoms. The van der Waals surface area contributed by atoms with Gasteiger partial charge in [0.25, 0.3) is 0 Å². The van der Waals surface area contributed by atoms with Crippen molar-refractivity contribution in [2.45, 2.75) is 44.6 Å². The minimum absolute atomic E-state index is 0.216. The molecule has 2 saturated heterocycles. The van der Waals surface area contributed by atoms with Crippen molar-refractivity contribution in [2.24, 2.45) is 0 Å². The van der Waals surface area contributed by atoms with E-state index in [9.17, 15) is 0 Å². The molecular formula is C23H43N5O. The molecule has 3 N–H and O–H groups in total. The van der Waals surface area contributed by atoms with Crippen LogP contribution in [0.1, 0.15) is 41.3 Å². The van der Waals surface area contributed by atoms with Crippen LogP contribution < -0.4 is 10.6 Å². The van der Waals surface area contributed by atoms with Crippen molar-refractivity contribution < 1.29 is 7.85 Å². The number of rotatable bonds is 14. The number of nitrogens with one attached hydrogen (secondary N) is 2. The van der Waals surface area contributed by atoms with E-state index < -0.39 is 6.50 Å². The van der Waals surface area contributed by atoms with Gasteiger partial charge in [0.2, 0.25) is 0 Å². The van der Waals surface area contributed by atoms with E-state index in [0.29, 0.717) is 18.7 Å². The van der Waals surface area contributed by atoms with Gasteiger partial charge in [-0.2, -0.15) is 0 Å². The summed E-state index contributed by atoms with van der Waals surface area (Å²) >= 11 is 0. The molecule has 0 aromatic heterocycles. The molecule has 6 heteroatoms. The van der Waals surface area contributed by atoms with Crippen molar-refractivity contribution in [1.29, 1.82) is 0 Å². The van der Waals surface area contributed by atoms with Crippen LogP contribution in [0.25, 0.3) is 0 Å². The molecule has 0 amide bonds. The third-order valence-electron chi connectivity index (χ3n) is 5.73. The summed E-state index contributed by atoms with van der Waals surface area (Å²) in [6, 6.07) is 0.246. The van der Waals surface area contributed by atoms with E-state index in [2.05, 4.69) is 47.2 Å². The van der Waals surface area contributed by atoms with E-state index in [0.717, 1.165) is 83.6 Å². The molecule has 0 bridgehead atoms. The first kappa shape index (κ1) is 20.8. The van der Waals surface area contributed by atoms with Crippen LogP contribution in [0.3, 0.4) is 0 Å². The van der Waals surface area contributed by atoms with E-state index in [1.165, 1.54) is 0 Å². The highest BCUT2D eigenvalue weighted by atomic mass is 16.3. The Morgan fingerprint density at radius 3 is 2.34 bits per heavy atom. The van der Waals surface area contributed by atoms with Crippen LogP contribution in [0.15, 0.2) is 36.9 Å². The summed E-state index contributed by atoms with van der Waals surface area (Å²) in [7, 11) is 2.16. The van der Waals surface area contributed by atoms with Gasteiger partial charge in [0, 0.05) is 78.9 Å². The summed E-state index contributed by atoms with van der Waals surface area (Å²) in [6.07, 6.45) is 5.20. The lowest BCUT2D eigenvalue weighted by Crippen LogP contribution is -2.49. The molecule has 2 aliphatic heterocycles. The van der Waals surface area contributed by atoms with Gasteiger partial charge in [-0.05, 0) is 45.7 Å². The minimum atomic E-state index is -1.55. The zero-order valence-corrected chi connectivity index (χ0v) is 18.4. The second-order valence-electron chi connectivity index (χ2n) is 8.41. The Labute approximate surface area is 181 Å². The van der Waals surface area contributed by atoms with Gasteiger partial charge in [0.15, 0.2) is 0 Å². The third-order valence-corrected chi connectivity index (χ3v) is 5.73. The lowest BCUT2D eigenvalue weighted by Gasteiger charge is -2.36. The molecule has 0 saturated carbocycles. The van der Waals surface area contributed by atoms with Gasteiger partial charge in [0.05, 0.1) is 5.76 Å². The summed E-state index contributed by atoms with van der Waals surface area (Å²) < 4.78 is 17.4. The number of nitrogens with zero attached hydrogens (tertiary/aromatic N) is 3. The van der Waals surface area contributed by atoms with Crippen LogP contribution in [0.2, 0.25) is 0 Å². The molecule has 0 radical (unpaired) electrons. The number of aliphatic hydroxyl groups is 1. The highest BCUT2D eigenvalue weighted by Gasteiger charge is 2.27. The number of hydrogen-bond acceptors (Lipinski definition) is 6. The smallest absolute Gasteiger partial charge is 0.0851 e. The summed E-state index contributed by atoms with van der Waals surface area (Å²) in [4.78, 5) is 6.84. The number of likely N-dealkylation sites (tertiary alicyclic amines) is 1. The second kappa shape index (κ2) is 12.9. The lowest BCUT2D eigenvalue weighted by atomic mass is 10.2. The van der Waals surface area contributed by atoms with Crippen molar-refractivity contribution in [1.82, 2.24) is 25.3 Å². The van der Waals surface area contributed by atoms with Crippen LogP contribution in [-0.2, 0) is 0 Å². The molecule has 0 aromatic carbocycles. The van der Waals surface area contributed by atoms with Crippen LogP contribution in [0.5, 0.6) is 0 Å². The SMILES string of the molecule is [2H]C([2H])(C(=C)NCCCC(=C)NCCCC(=C)O)N1CCCC1CN1CCN(C)CC1. The highest BCUT2D eigenvalue weighted by Crippen LogP contribution is 2.19. The first-order chi connectivity index (χ1) is 14.7. The van der Waals surface area contributed by atoms with Crippen LogP contribution in [-0.4, -0.2) is 91.8 Å². The van der Waals surface area contributed by atoms with Gasteiger partial charge in [-0.3, -0.25) is 9.80 Å². The minimum Gasteiger partial charge on any atom is -0.513 e. The largest absolute Gasteiger partial charge is 0.513 e. The number of aliphatic hydroxyl groups excluding tert-OH is 1. The molecule has 2 fully saturated rings. The summed E-state index contributed by atoms with van der Waals surface area (Å²) in [6.45, 7) is 17.5. The second-order valence-corrected chi connectivity index (χ2v) is 8.41. The Hall–Kier alpha value is -1.50. The highest BCUT2D eigenvalue weighted by molar-refractivity contribution is 4.99. The summed E-state index contributed by atoms with van der Waals surface area (Å²) in [5.74, 6) is 0.216. The van der Waals surface area contributed by atoms with E-state index in [1.54, 1.807) is 0 Å². The quantitative estimate of drug-likeness (QED) is 0.304. The number of likely N-dealkylation sites (N-methyl/N-ethyl adjacent to an activating group) is 1. The van der Waals surface area contributed by atoms with Gasteiger partial charge in [-0.15, -0.1) is 0 Å². The molecule has 1 unspecified atom stereocenters. The zero-order valence-electron chi connectivity index (χ0n) is 20.4. The predicted octanol–water partition coefficient (Wildman–Crippen LogP) is 2.54. The molecule has 2 heterocycles. The molecule has 0 aliphatic carbocycles. The van der Waals surface area contributed by atoms with Gasteiger partial charge in [-0.25, -0.2) is 0 Å². The van der Waals surface area contributed by atoms with E-state index >= 15 is 0 Å². The topological polar surface area (TPSA) is 54.0 Å². The third kappa shape index (κ3) is 9.70.